The normalized spacial score (nSPS) is 14.4. The molecule has 0 amide bonds. The topological polar surface area (TPSA) is 110 Å². The minimum Gasteiger partial charge on any atom is -0.502 e. The maximum absolute atomic E-state index is 13.0. The van der Waals surface area contributed by atoms with E-state index in [0.29, 0.717) is 13.2 Å². The summed E-state index contributed by atoms with van der Waals surface area (Å²) in [5.74, 6) is -2.91. The Morgan fingerprint density at radius 3 is 2.29 bits per heavy atom. The molecule has 0 heterocycles. The Bertz CT molecular complexity index is 600. The average Bonchev–Trinajstić information content (AvgIpc) is 2.37. The number of nitrogens with zero attached hydrogens (tertiary/aromatic N) is 1. The van der Waals surface area contributed by atoms with Gasteiger partial charge < -0.3 is 14.9 Å². The van der Waals surface area contributed by atoms with Gasteiger partial charge in [0.25, 0.3) is 5.60 Å². The molecule has 7 nitrogen and oxygen atoms in total. The Balaban J connectivity index is 3.69. The summed E-state index contributed by atoms with van der Waals surface area (Å²) in [6.45, 7) is 1.08. The molecule has 0 fully saturated rings. The van der Waals surface area contributed by atoms with Crippen molar-refractivity contribution in [1.82, 2.24) is 0 Å². The molecule has 1 rings (SSSR count). The number of aromatic hydroxyl groups is 1. The minimum absolute atomic E-state index is 0.271. The fourth-order valence-electron chi connectivity index (χ4n) is 1.65. The number of hydrogen-bond donors (Lipinski definition) is 2. The third-order valence-corrected chi connectivity index (χ3v) is 2.79. The van der Waals surface area contributed by atoms with E-state index >= 15 is 0 Å². The molecule has 10 heteroatoms. The molecule has 0 aliphatic carbocycles. The van der Waals surface area contributed by atoms with Crippen molar-refractivity contribution in [1.29, 1.82) is 0 Å². The highest BCUT2D eigenvalue weighted by atomic mass is 19.4. The monoisotopic (exact) mass is 309 g/mol. The SMILES string of the molecule is COC(=O)C(O)(c1cc(C)c(O)c([N+](=O)[O-])c1)C(F)(F)F. The van der Waals surface area contributed by atoms with Gasteiger partial charge in [-0.3, -0.25) is 10.1 Å². The smallest absolute Gasteiger partial charge is 0.432 e. The molecule has 2 N–H and O–H groups in total. The summed E-state index contributed by atoms with van der Waals surface area (Å²) in [4.78, 5) is 20.9. The molecule has 0 radical (unpaired) electrons. The summed E-state index contributed by atoms with van der Waals surface area (Å²) >= 11 is 0. The Kier molecular flexibility index (Phi) is 4.14. The summed E-state index contributed by atoms with van der Waals surface area (Å²) in [5.41, 5.74) is -6.59. The van der Waals surface area contributed by atoms with E-state index in [1.807, 2.05) is 0 Å². The van der Waals surface area contributed by atoms with Crippen molar-refractivity contribution < 1.29 is 37.8 Å². The molecule has 1 aromatic rings. The second kappa shape index (κ2) is 5.20. The lowest BCUT2D eigenvalue weighted by Crippen LogP contribution is -2.49. The Hall–Kier alpha value is -2.36. The molecule has 0 aromatic heterocycles. The molecule has 116 valence electrons. The van der Waals surface area contributed by atoms with E-state index in [2.05, 4.69) is 4.74 Å². The van der Waals surface area contributed by atoms with Crippen LogP contribution in [0.4, 0.5) is 18.9 Å². The van der Waals surface area contributed by atoms with E-state index in [1.54, 1.807) is 0 Å². The number of carbonyl (C=O) groups is 1. The summed E-state index contributed by atoms with van der Waals surface area (Å²) in [6, 6.07) is 0.888. The zero-order valence-electron chi connectivity index (χ0n) is 10.8. The van der Waals surface area contributed by atoms with Crippen molar-refractivity contribution in [3.63, 3.8) is 0 Å². The molecule has 0 saturated carbocycles. The second-order valence-corrected chi connectivity index (χ2v) is 4.12. The number of ether oxygens (including phenoxy) is 1. The number of nitro groups is 1. The van der Waals surface area contributed by atoms with E-state index in [0.717, 1.165) is 6.92 Å². The molecule has 0 spiro atoms. The first-order chi connectivity index (χ1) is 9.46. The van der Waals surface area contributed by atoms with Crippen LogP contribution in [0.15, 0.2) is 12.1 Å². The lowest BCUT2D eigenvalue weighted by molar-refractivity contribution is -0.386. The van der Waals surface area contributed by atoms with E-state index in [1.165, 1.54) is 0 Å². The number of phenolic OH excluding ortho intramolecular Hbond substituents is 1. The van der Waals surface area contributed by atoms with Crippen LogP contribution in [-0.4, -0.2) is 34.4 Å². The van der Waals surface area contributed by atoms with Gasteiger partial charge in [-0.15, -0.1) is 0 Å². The number of phenols is 1. The van der Waals surface area contributed by atoms with Gasteiger partial charge in [-0.1, -0.05) is 0 Å². The van der Waals surface area contributed by atoms with Gasteiger partial charge in [0.15, 0.2) is 5.75 Å². The number of alkyl halides is 3. The van der Waals surface area contributed by atoms with E-state index in [4.69, 9.17) is 0 Å². The van der Waals surface area contributed by atoms with E-state index in [9.17, 15) is 38.3 Å². The maximum atomic E-state index is 13.0. The van der Waals surface area contributed by atoms with Gasteiger partial charge in [-0.2, -0.15) is 13.2 Å². The maximum Gasteiger partial charge on any atom is 0.432 e. The molecular formula is C11H10F3NO6. The van der Waals surface area contributed by atoms with E-state index in [-0.39, 0.29) is 11.6 Å². The predicted molar refractivity (Wildman–Crippen MR) is 61.5 cm³/mol. The fraction of sp³-hybridized carbons (Fsp3) is 0.364. The molecule has 0 bridgehead atoms. The van der Waals surface area contributed by atoms with Crippen molar-refractivity contribution in [2.24, 2.45) is 0 Å². The molecular weight excluding hydrogens is 299 g/mol. The highest BCUT2D eigenvalue weighted by molar-refractivity contribution is 5.82. The van der Waals surface area contributed by atoms with Crippen molar-refractivity contribution in [3.05, 3.63) is 33.4 Å². The van der Waals surface area contributed by atoms with Gasteiger partial charge in [0, 0.05) is 11.6 Å². The Morgan fingerprint density at radius 1 is 1.38 bits per heavy atom. The van der Waals surface area contributed by atoms with Crippen LogP contribution in [0.2, 0.25) is 0 Å². The van der Waals surface area contributed by atoms with Crippen molar-refractivity contribution >= 4 is 11.7 Å². The first-order valence-corrected chi connectivity index (χ1v) is 5.32. The predicted octanol–water partition coefficient (Wildman–Crippen LogP) is 1.53. The average molecular weight is 309 g/mol. The van der Waals surface area contributed by atoms with Gasteiger partial charge in [0.05, 0.1) is 12.0 Å². The summed E-state index contributed by atoms with van der Waals surface area (Å²) in [5, 5.41) is 29.9. The van der Waals surface area contributed by atoms with Crippen molar-refractivity contribution in [2.75, 3.05) is 7.11 Å². The van der Waals surface area contributed by atoms with Crippen molar-refractivity contribution in [2.45, 2.75) is 18.7 Å². The number of halogens is 3. The third-order valence-electron chi connectivity index (χ3n) is 2.79. The number of benzene rings is 1. The van der Waals surface area contributed by atoms with Gasteiger partial charge in [0.1, 0.15) is 0 Å². The minimum atomic E-state index is -5.47. The lowest BCUT2D eigenvalue weighted by Gasteiger charge is -2.28. The fourth-order valence-corrected chi connectivity index (χ4v) is 1.65. The molecule has 1 unspecified atom stereocenters. The number of hydrogen-bond acceptors (Lipinski definition) is 6. The first-order valence-electron chi connectivity index (χ1n) is 5.32. The summed E-state index contributed by atoms with van der Waals surface area (Å²) < 4.78 is 43.0. The largest absolute Gasteiger partial charge is 0.502 e. The highest BCUT2D eigenvalue weighted by Crippen LogP contribution is 2.43. The Labute approximate surface area is 115 Å². The molecule has 0 aliphatic heterocycles. The highest BCUT2D eigenvalue weighted by Gasteiger charge is 2.62. The van der Waals surface area contributed by atoms with Crippen LogP contribution >= 0.6 is 0 Å². The van der Waals surface area contributed by atoms with Crippen LogP contribution in [-0.2, 0) is 15.1 Å². The van der Waals surface area contributed by atoms with Gasteiger partial charge in [-0.05, 0) is 18.6 Å². The van der Waals surface area contributed by atoms with Gasteiger partial charge >= 0.3 is 17.8 Å². The Morgan fingerprint density at radius 2 is 1.90 bits per heavy atom. The number of esters is 1. The van der Waals surface area contributed by atoms with E-state index < -0.39 is 39.7 Å². The molecule has 1 atom stereocenters. The number of aliphatic hydroxyl groups is 1. The molecule has 0 saturated heterocycles. The number of methoxy groups -OCH3 is 1. The van der Waals surface area contributed by atoms with Crippen LogP contribution in [0.1, 0.15) is 11.1 Å². The summed E-state index contributed by atoms with van der Waals surface area (Å²) in [6.07, 6.45) is -5.47. The molecule has 0 aliphatic rings. The quantitative estimate of drug-likeness (QED) is 0.498. The zero-order chi connectivity index (χ0) is 16.6. The third kappa shape index (κ3) is 2.61. The number of rotatable bonds is 3. The second-order valence-electron chi connectivity index (χ2n) is 4.12. The lowest BCUT2D eigenvalue weighted by atomic mass is 9.91. The van der Waals surface area contributed by atoms with Crippen LogP contribution < -0.4 is 0 Å². The van der Waals surface area contributed by atoms with Gasteiger partial charge in [-0.25, -0.2) is 4.79 Å². The first kappa shape index (κ1) is 16.7. The number of nitro benzene ring substituents is 1. The van der Waals surface area contributed by atoms with Crippen LogP contribution in [0, 0.1) is 17.0 Å². The van der Waals surface area contributed by atoms with Crippen LogP contribution in [0.5, 0.6) is 5.75 Å². The number of carbonyl (C=O) groups excluding carboxylic acids is 1. The molecule has 1 aromatic carbocycles. The standard InChI is InChI=1S/C11H10F3NO6/c1-5-3-6(4-7(8(5)16)15(19)20)10(18,9(17)21-2)11(12,13)14/h3-4,16,18H,1-2H3. The van der Waals surface area contributed by atoms with Crippen LogP contribution in [0.3, 0.4) is 0 Å². The van der Waals surface area contributed by atoms with Gasteiger partial charge in [0.2, 0.25) is 0 Å². The van der Waals surface area contributed by atoms with Crippen molar-refractivity contribution in [3.8, 4) is 5.75 Å². The summed E-state index contributed by atoms with van der Waals surface area (Å²) in [7, 11) is 0.626. The molecule has 21 heavy (non-hydrogen) atoms. The zero-order valence-corrected chi connectivity index (χ0v) is 10.8. The van der Waals surface area contributed by atoms with Crippen LogP contribution in [0.25, 0.3) is 0 Å². The number of aryl methyl sites for hydroxylation is 1.